The number of rotatable bonds is 15. The van der Waals surface area contributed by atoms with E-state index in [-0.39, 0.29) is 53.4 Å². The van der Waals surface area contributed by atoms with Crippen LogP contribution in [0.15, 0.2) is 120 Å². The number of piperidine rings is 1. The first-order chi connectivity index (χ1) is 34.5. The molecule has 0 aliphatic carbocycles. The summed E-state index contributed by atoms with van der Waals surface area (Å²) in [5.74, 6) is -0.189. The third-order valence-electron chi connectivity index (χ3n) is 11.1. The molecule has 6 N–H and O–H groups in total. The maximum Gasteiger partial charge on any atom is 0.411 e. The number of methoxy groups -OCH3 is 1. The number of hydrogen-bond donors (Lipinski definition) is 6. The summed E-state index contributed by atoms with van der Waals surface area (Å²) in [7, 11) is 3.18. The molecular formula is C56H73ClN6O8. The van der Waals surface area contributed by atoms with E-state index in [1.165, 1.54) is 24.1 Å². The molecule has 0 unspecified atom stereocenters. The number of nitrogens with zero attached hydrogens (tertiary/aromatic N) is 2. The van der Waals surface area contributed by atoms with E-state index in [1.807, 2.05) is 110 Å². The summed E-state index contributed by atoms with van der Waals surface area (Å²) in [6.45, 7) is 18.3. The van der Waals surface area contributed by atoms with Crippen LogP contribution in [0.4, 0.5) is 21.9 Å². The summed E-state index contributed by atoms with van der Waals surface area (Å²) < 4.78 is 11.4. The second-order valence-corrected chi connectivity index (χ2v) is 15.7. The van der Waals surface area contributed by atoms with Gasteiger partial charge in [-0.3, -0.25) is 19.7 Å². The van der Waals surface area contributed by atoms with Gasteiger partial charge in [0.15, 0.2) is 0 Å². The minimum Gasteiger partial charge on any atom is -0.506 e. The minimum absolute atomic E-state index is 0.0948. The molecule has 14 nitrogen and oxygen atoms in total. The smallest absolute Gasteiger partial charge is 0.411 e. The first-order valence-corrected chi connectivity index (χ1v) is 25.0. The van der Waals surface area contributed by atoms with Crippen molar-refractivity contribution in [1.82, 2.24) is 15.2 Å². The first kappa shape index (κ1) is 58.6. The van der Waals surface area contributed by atoms with E-state index in [4.69, 9.17) is 21.1 Å². The minimum atomic E-state index is -0.967. The van der Waals surface area contributed by atoms with Crippen LogP contribution < -0.4 is 31.1 Å². The number of para-hydroxylation sites is 1. The number of amides is 3. The van der Waals surface area contributed by atoms with Crippen LogP contribution in [-0.2, 0) is 16.1 Å². The lowest BCUT2D eigenvalue weighted by Gasteiger charge is -2.31. The van der Waals surface area contributed by atoms with Crippen molar-refractivity contribution in [3.8, 4) is 22.6 Å². The van der Waals surface area contributed by atoms with Crippen molar-refractivity contribution < 1.29 is 34.1 Å². The number of aromatic nitrogens is 1. The number of benzene rings is 5. The topological polar surface area (TPSA) is 186 Å². The molecule has 6 aromatic rings. The second kappa shape index (κ2) is 30.8. The molecule has 3 amide bonds. The summed E-state index contributed by atoms with van der Waals surface area (Å²) in [6, 6.07) is 33.4. The van der Waals surface area contributed by atoms with Gasteiger partial charge in [-0.05, 0) is 66.4 Å². The maximum atomic E-state index is 13.5. The molecule has 1 fully saturated rings. The van der Waals surface area contributed by atoms with E-state index in [1.54, 1.807) is 55.6 Å². The number of carbonyl (C=O) groups is 3. The predicted molar refractivity (Wildman–Crippen MR) is 290 cm³/mol. The van der Waals surface area contributed by atoms with Crippen LogP contribution >= 0.6 is 11.6 Å². The number of carbonyl (C=O) groups excluding carboxylic acids is 3. The lowest BCUT2D eigenvalue weighted by Crippen LogP contribution is -2.40. The molecule has 1 saturated heterocycles. The Labute approximate surface area is 424 Å². The molecule has 0 saturated carbocycles. The number of H-pyrrole nitrogens is 1. The van der Waals surface area contributed by atoms with Gasteiger partial charge in [-0.1, -0.05) is 128 Å². The Bertz CT molecular complexity index is 2650. The lowest BCUT2D eigenvalue weighted by molar-refractivity contribution is -0.118. The molecule has 7 rings (SSSR count). The Hall–Kier alpha value is -6.71. The molecule has 2 heterocycles. The number of pyridine rings is 1. The van der Waals surface area contributed by atoms with Crippen LogP contribution in [0.2, 0.25) is 5.02 Å². The van der Waals surface area contributed by atoms with Gasteiger partial charge >= 0.3 is 6.09 Å². The van der Waals surface area contributed by atoms with Gasteiger partial charge in [0.05, 0.1) is 35.1 Å². The van der Waals surface area contributed by atoms with Gasteiger partial charge in [0.25, 0.3) is 5.91 Å². The molecule has 0 spiro atoms. The van der Waals surface area contributed by atoms with Crippen molar-refractivity contribution in [3.63, 3.8) is 0 Å². The van der Waals surface area contributed by atoms with E-state index in [9.17, 15) is 29.4 Å². The van der Waals surface area contributed by atoms with Crippen LogP contribution in [0, 0.1) is 0 Å². The SMILES string of the molecule is CC.CC.CC.CC.COc1cc(NC(=O)c2cccc(N(C)C(=O)CCN3CCC(OC(=O)Nc4ccccc4-c4ccccc4)CC3)c2)c(Cl)cc1CNC[C@H](O)c1ccc(O)c2[nH]c(=O)ccc12. The number of hydrogen-bond acceptors (Lipinski definition) is 10. The number of ether oxygens (including phenoxy) is 2. The van der Waals surface area contributed by atoms with Crippen LogP contribution in [0.1, 0.15) is 102 Å². The number of aliphatic hydroxyl groups excluding tert-OH is 1. The highest BCUT2D eigenvalue weighted by atomic mass is 35.5. The van der Waals surface area contributed by atoms with Crippen molar-refractivity contribution in [2.24, 2.45) is 0 Å². The zero-order valence-electron chi connectivity index (χ0n) is 42.9. The van der Waals surface area contributed by atoms with Gasteiger partial charge < -0.3 is 45.1 Å². The molecule has 1 aliphatic rings. The Morgan fingerprint density at radius 2 is 1.49 bits per heavy atom. The van der Waals surface area contributed by atoms with Crippen LogP contribution in [-0.4, -0.2) is 84.4 Å². The number of phenolic OH excluding ortho intramolecular Hbond substituents is 1. The Morgan fingerprint density at radius 3 is 2.18 bits per heavy atom. The van der Waals surface area contributed by atoms with Crippen molar-refractivity contribution in [2.75, 3.05) is 55.9 Å². The summed E-state index contributed by atoms with van der Waals surface area (Å²) in [4.78, 5) is 57.7. The highest BCUT2D eigenvalue weighted by Crippen LogP contribution is 2.33. The molecule has 1 atom stereocenters. The zero-order chi connectivity index (χ0) is 52.5. The molecule has 71 heavy (non-hydrogen) atoms. The third kappa shape index (κ3) is 16.7. The van der Waals surface area contributed by atoms with E-state index in [0.717, 1.165) is 11.1 Å². The molecule has 15 heteroatoms. The van der Waals surface area contributed by atoms with E-state index >= 15 is 0 Å². The highest BCUT2D eigenvalue weighted by molar-refractivity contribution is 6.34. The quantitative estimate of drug-likeness (QED) is 0.0578. The molecule has 382 valence electrons. The second-order valence-electron chi connectivity index (χ2n) is 15.3. The van der Waals surface area contributed by atoms with Crippen molar-refractivity contribution >= 4 is 57.5 Å². The maximum absolute atomic E-state index is 13.5. The molecule has 0 radical (unpaired) electrons. The fourth-order valence-electron chi connectivity index (χ4n) is 7.64. The van der Waals surface area contributed by atoms with E-state index < -0.39 is 18.1 Å². The molecule has 1 aromatic heterocycles. The van der Waals surface area contributed by atoms with Crippen LogP contribution in [0.3, 0.4) is 0 Å². The van der Waals surface area contributed by atoms with Crippen LogP contribution in [0.5, 0.6) is 11.5 Å². The number of likely N-dealkylation sites (tertiary alicyclic amines) is 1. The fourth-order valence-corrected chi connectivity index (χ4v) is 7.87. The number of anilines is 3. The summed E-state index contributed by atoms with van der Waals surface area (Å²) in [5, 5.41) is 30.9. The lowest BCUT2D eigenvalue weighted by atomic mass is 10.0. The van der Waals surface area contributed by atoms with Gasteiger partial charge in [-0.25, -0.2) is 4.79 Å². The largest absolute Gasteiger partial charge is 0.506 e. The number of aliphatic hydroxyl groups is 1. The molecule has 0 bridgehead atoms. The van der Waals surface area contributed by atoms with Gasteiger partial charge in [0, 0.05) is 86.1 Å². The number of fused-ring (bicyclic) bond motifs is 1. The van der Waals surface area contributed by atoms with E-state index in [2.05, 4.69) is 25.8 Å². The van der Waals surface area contributed by atoms with Crippen molar-refractivity contribution in [1.29, 1.82) is 0 Å². The first-order valence-electron chi connectivity index (χ1n) is 24.6. The third-order valence-corrected chi connectivity index (χ3v) is 11.4. The standard InChI is InChI=1S/C48H49ClN6O8.4C2H6/c1-54(45(59)21-24-55-22-19-34(20-23-55)63-48(61)52-39-14-7-6-13-35(39)30-9-4-3-5-10-30)33-12-8-11-31(25-33)47(60)51-40-27-43(62-2)32(26-38(40)49)28-50-29-42(57)36-15-17-41(56)46-37(36)16-18-44(58)53-46;4*1-2/h3-18,25-27,34,42,50,56-57H,19-24,28-29H2,1-2H3,(H,51,60)(H,52,61)(H,53,58);4*1-2H3/t42-;;;;/m0..../s1. The van der Waals surface area contributed by atoms with Gasteiger partial charge in [0.1, 0.15) is 17.6 Å². The average Bonchev–Trinajstić information content (AvgIpc) is 3.41. The van der Waals surface area contributed by atoms with Crippen molar-refractivity contribution in [2.45, 2.75) is 93.4 Å². The Morgan fingerprint density at radius 1 is 0.817 bits per heavy atom. The van der Waals surface area contributed by atoms with E-state index in [0.29, 0.717) is 77.4 Å². The average molecular weight is 994 g/mol. The van der Waals surface area contributed by atoms with Gasteiger partial charge in [-0.2, -0.15) is 0 Å². The Balaban J connectivity index is 0.00000158. The van der Waals surface area contributed by atoms with Gasteiger partial charge in [0.2, 0.25) is 11.5 Å². The fraction of sp³-hybridized carbons (Fsp3) is 0.357. The predicted octanol–water partition coefficient (Wildman–Crippen LogP) is 11.8. The summed E-state index contributed by atoms with van der Waals surface area (Å²) >= 11 is 6.64. The number of aromatic hydroxyl groups is 1. The summed E-state index contributed by atoms with van der Waals surface area (Å²) in [5.41, 5.74) is 4.87. The Kier molecular flexibility index (Phi) is 25.4. The number of halogens is 1. The molecule has 1 aliphatic heterocycles. The van der Waals surface area contributed by atoms with Crippen molar-refractivity contribution in [3.05, 3.63) is 147 Å². The normalized spacial score (nSPS) is 12.4. The monoisotopic (exact) mass is 993 g/mol. The molecular weight excluding hydrogens is 920 g/mol. The van der Waals surface area contributed by atoms with Gasteiger partial charge in [-0.15, -0.1) is 0 Å². The number of phenols is 1. The highest BCUT2D eigenvalue weighted by Gasteiger charge is 2.24. The summed E-state index contributed by atoms with van der Waals surface area (Å²) in [6.07, 6.45) is -0.122. The number of nitrogens with one attached hydrogen (secondary N) is 4. The number of aromatic amines is 1. The molecule has 5 aromatic carbocycles. The van der Waals surface area contributed by atoms with Crippen LogP contribution in [0.25, 0.3) is 22.0 Å². The zero-order valence-corrected chi connectivity index (χ0v) is 43.7.